The maximum atomic E-state index is 12.7. The van der Waals surface area contributed by atoms with E-state index in [1.54, 1.807) is 4.90 Å². The number of hydrogen-bond acceptors (Lipinski definition) is 4. The molecule has 1 heterocycles. The molecule has 0 radical (unpaired) electrons. The second-order valence-electron chi connectivity index (χ2n) is 6.06. The molecule has 1 aliphatic heterocycles. The van der Waals surface area contributed by atoms with Crippen molar-refractivity contribution >= 4 is 11.9 Å². The van der Waals surface area contributed by atoms with Crippen LogP contribution in [-0.4, -0.2) is 49.2 Å². The van der Waals surface area contributed by atoms with Gasteiger partial charge in [-0.15, -0.1) is 0 Å². The van der Waals surface area contributed by atoms with Gasteiger partial charge in [0.1, 0.15) is 0 Å². The molecule has 0 spiro atoms. The first kappa shape index (κ1) is 15.0. The highest BCUT2D eigenvalue weighted by Gasteiger charge is 2.47. The molecule has 3 rings (SSSR count). The van der Waals surface area contributed by atoms with Crippen LogP contribution in [0.5, 0.6) is 0 Å². The molecule has 22 heavy (non-hydrogen) atoms. The Kier molecular flexibility index (Phi) is 4.16. The van der Waals surface area contributed by atoms with Crippen LogP contribution in [0.2, 0.25) is 0 Å². The standard InChI is InChI=1S/C17H21NO4/c1-11-9-18(10-15(22-11)17(20)21-2)16(19)14-8-13(14)12-6-4-3-5-7-12/h3-7,11,13-15H,8-10H2,1-2H3/t11-,13-,14-,15-/m1/s1. The van der Waals surface area contributed by atoms with E-state index in [2.05, 4.69) is 12.1 Å². The van der Waals surface area contributed by atoms with Crippen molar-refractivity contribution in [1.82, 2.24) is 4.90 Å². The molecule has 118 valence electrons. The Balaban J connectivity index is 1.64. The summed E-state index contributed by atoms with van der Waals surface area (Å²) in [5.41, 5.74) is 1.21. The zero-order valence-electron chi connectivity index (χ0n) is 12.9. The predicted octanol–water partition coefficient (Wildman–Crippen LogP) is 1.58. The molecule has 0 unspecified atom stereocenters. The third-order valence-electron chi connectivity index (χ3n) is 4.37. The van der Waals surface area contributed by atoms with Gasteiger partial charge in [0.15, 0.2) is 6.10 Å². The fraction of sp³-hybridized carbons (Fsp3) is 0.529. The lowest BCUT2D eigenvalue weighted by atomic mass is 10.1. The lowest BCUT2D eigenvalue weighted by Crippen LogP contribution is -2.52. The molecule has 2 fully saturated rings. The van der Waals surface area contributed by atoms with E-state index in [1.165, 1.54) is 12.7 Å². The highest BCUT2D eigenvalue weighted by molar-refractivity contribution is 5.84. The molecular weight excluding hydrogens is 282 g/mol. The van der Waals surface area contributed by atoms with Crippen LogP contribution in [0.1, 0.15) is 24.8 Å². The maximum Gasteiger partial charge on any atom is 0.336 e. The van der Waals surface area contributed by atoms with Crippen molar-refractivity contribution in [2.24, 2.45) is 5.92 Å². The molecule has 1 saturated heterocycles. The average Bonchev–Trinajstić information content (AvgIpc) is 3.34. The highest BCUT2D eigenvalue weighted by Crippen LogP contribution is 2.48. The lowest BCUT2D eigenvalue weighted by molar-refractivity contribution is -0.169. The summed E-state index contributed by atoms with van der Waals surface area (Å²) in [6.07, 6.45) is 0.0552. The number of hydrogen-bond donors (Lipinski definition) is 0. The Morgan fingerprint density at radius 1 is 1.23 bits per heavy atom. The smallest absolute Gasteiger partial charge is 0.336 e. The third-order valence-corrected chi connectivity index (χ3v) is 4.37. The minimum Gasteiger partial charge on any atom is -0.467 e. The quantitative estimate of drug-likeness (QED) is 0.796. The Morgan fingerprint density at radius 2 is 1.95 bits per heavy atom. The molecule has 0 bridgehead atoms. The van der Waals surface area contributed by atoms with Gasteiger partial charge in [-0.05, 0) is 24.8 Å². The second kappa shape index (κ2) is 6.08. The number of methoxy groups -OCH3 is 1. The summed E-state index contributed by atoms with van der Waals surface area (Å²) in [4.78, 5) is 26.1. The number of carbonyl (C=O) groups excluding carboxylic acids is 2. The summed E-state index contributed by atoms with van der Waals surface area (Å²) in [5.74, 6) is 0.0482. The van der Waals surface area contributed by atoms with Gasteiger partial charge >= 0.3 is 5.97 Å². The number of nitrogens with zero attached hydrogens (tertiary/aromatic N) is 1. The number of carbonyl (C=O) groups is 2. The molecule has 0 N–H and O–H groups in total. The van der Waals surface area contributed by atoms with Crippen molar-refractivity contribution in [3.8, 4) is 0 Å². The summed E-state index contributed by atoms with van der Waals surface area (Å²) in [6, 6.07) is 10.1. The van der Waals surface area contributed by atoms with Gasteiger partial charge in [-0.3, -0.25) is 4.79 Å². The third kappa shape index (κ3) is 2.99. The van der Waals surface area contributed by atoms with Crippen LogP contribution in [0.25, 0.3) is 0 Å². The number of rotatable bonds is 3. The van der Waals surface area contributed by atoms with E-state index in [9.17, 15) is 9.59 Å². The monoisotopic (exact) mass is 303 g/mol. The Morgan fingerprint density at radius 3 is 2.64 bits per heavy atom. The van der Waals surface area contributed by atoms with E-state index in [1.807, 2.05) is 25.1 Å². The molecule has 2 aliphatic rings. The second-order valence-corrected chi connectivity index (χ2v) is 6.06. The molecule has 1 saturated carbocycles. The number of ether oxygens (including phenoxy) is 2. The van der Waals surface area contributed by atoms with E-state index in [-0.39, 0.29) is 24.5 Å². The van der Waals surface area contributed by atoms with Crippen molar-refractivity contribution in [3.05, 3.63) is 35.9 Å². The van der Waals surface area contributed by atoms with Gasteiger partial charge in [-0.2, -0.15) is 0 Å². The molecule has 5 heteroatoms. The van der Waals surface area contributed by atoms with Crippen LogP contribution in [0.3, 0.4) is 0 Å². The summed E-state index contributed by atoms with van der Waals surface area (Å²) in [7, 11) is 1.34. The summed E-state index contributed by atoms with van der Waals surface area (Å²) in [5, 5.41) is 0. The Labute approximate surface area is 130 Å². The molecule has 5 nitrogen and oxygen atoms in total. The highest BCUT2D eigenvalue weighted by atomic mass is 16.6. The van der Waals surface area contributed by atoms with Crippen molar-refractivity contribution in [2.45, 2.75) is 31.5 Å². The topological polar surface area (TPSA) is 55.8 Å². The molecule has 1 aromatic carbocycles. The minimum atomic E-state index is -0.674. The van der Waals surface area contributed by atoms with Gasteiger partial charge in [0.25, 0.3) is 0 Å². The first-order valence-corrected chi connectivity index (χ1v) is 7.67. The Bertz CT molecular complexity index is 559. The normalized spacial score (nSPS) is 30.7. The Hall–Kier alpha value is -1.88. The van der Waals surface area contributed by atoms with E-state index in [0.717, 1.165) is 6.42 Å². The van der Waals surface area contributed by atoms with Crippen molar-refractivity contribution < 1.29 is 19.1 Å². The molecule has 1 aromatic rings. The van der Waals surface area contributed by atoms with Gasteiger partial charge < -0.3 is 14.4 Å². The van der Waals surface area contributed by atoms with Crippen molar-refractivity contribution in [2.75, 3.05) is 20.2 Å². The van der Waals surface area contributed by atoms with E-state index in [0.29, 0.717) is 12.5 Å². The van der Waals surface area contributed by atoms with Crippen molar-refractivity contribution in [1.29, 1.82) is 0 Å². The fourth-order valence-corrected chi connectivity index (χ4v) is 3.16. The van der Waals surface area contributed by atoms with E-state index >= 15 is 0 Å². The van der Waals surface area contributed by atoms with Crippen LogP contribution in [0.15, 0.2) is 30.3 Å². The first-order valence-electron chi connectivity index (χ1n) is 7.67. The predicted molar refractivity (Wildman–Crippen MR) is 80.2 cm³/mol. The minimum absolute atomic E-state index is 0.0333. The maximum absolute atomic E-state index is 12.7. The SMILES string of the molecule is COC(=O)[C@H]1CN(C(=O)[C@@H]2C[C@@H]2c2ccccc2)C[C@@H](C)O1. The van der Waals surface area contributed by atoms with Crippen LogP contribution in [0, 0.1) is 5.92 Å². The fourth-order valence-electron chi connectivity index (χ4n) is 3.16. The number of amides is 1. The van der Waals surface area contributed by atoms with E-state index in [4.69, 9.17) is 9.47 Å². The molecule has 4 atom stereocenters. The van der Waals surface area contributed by atoms with Crippen molar-refractivity contribution in [3.63, 3.8) is 0 Å². The first-order chi connectivity index (χ1) is 10.6. The molecule has 0 aromatic heterocycles. The van der Waals surface area contributed by atoms with Gasteiger partial charge in [-0.25, -0.2) is 4.79 Å². The molecule has 1 amide bonds. The summed E-state index contributed by atoms with van der Waals surface area (Å²) in [6.45, 7) is 2.69. The van der Waals surface area contributed by atoms with Crippen LogP contribution >= 0.6 is 0 Å². The van der Waals surface area contributed by atoms with Gasteiger partial charge in [0.05, 0.1) is 19.8 Å². The van der Waals surface area contributed by atoms with Crippen LogP contribution in [0.4, 0.5) is 0 Å². The zero-order valence-corrected chi connectivity index (χ0v) is 12.9. The van der Waals surface area contributed by atoms with Gasteiger partial charge in [0, 0.05) is 12.5 Å². The average molecular weight is 303 g/mol. The lowest BCUT2D eigenvalue weighted by Gasteiger charge is -2.35. The summed E-state index contributed by atoms with van der Waals surface area (Å²) < 4.78 is 10.3. The van der Waals surface area contributed by atoms with Crippen LogP contribution < -0.4 is 0 Å². The van der Waals surface area contributed by atoms with Gasteiger partial charge in [-0.1, -0.05) is 30.3 Å². The largest absolute Gasteiger partial charge is 0.467 e. The molecular formula is C17H21NO4. The summed E-state index contributed by atoms with van der Waals surface area (Å²) >= 11 is 0. The van der Waals surface area contributed by atoms with Crippen LogP contribution in [-0.2, 0) is 19.1 Å². The van der Waals surface area contributed by atoms with Gasteiger partial charge in [0.2, 0.25) is 5.91 Å². The zero-order chi connectivity index (χ0) is 15.7. The van der Waals surface area contributed by atoms with E-state index < -0.39 is 12.1 Å². The molecule has 1 aliphatic carbocycles. The number of benzene rings is 1. The number of esters is 1. The number of morpholine rings is 1.